The zero-order valence-corrected chi connectivity index (χ0v) is 8.94. The van der Waals surface area contributed by atoms with Crippen LogP contribution in [0.2, 0.25) is 0 Å². The van der Waals surface area contributed by atoms with Gasteiger partial charge in [0, 0.05) is 13.4 Å². The van der Waals surface area contributed by atoms with Crippen molar-refractivity contribution in [2.75, 3.05) is 26.3 Å². The number of nitrogens with zero attached hydrogens (tertiary/aromatic N) is 2. The highest BCUT2D eigenvalue weighted by Crippen LogP contribution is 2.25. The van der Waals surface area contributed by atoms with Crippen molar-refractivity contribution >= 4 is 12.7 Å². The number of nitrogens with two attached hydrogens (primary N) is 2. The molecular weight excluding hydrogens is 180 g/mol. The van der Waals surface area contributed by atoms with Crippen LogP contribution in [0.25, 0.3) is 0 Å². The summed E-state index contributed by atoms with van der Waals surface area (Å²) in [5.41, 5.74) is 10.6. The van der Waals surface area contributed by atoms with Crippen LogP contribution in [0.5, 0.6) is 0 Å². The number of ether oxygens (including phenoxy) is 1. The Bertz CT molecular complexity index is 187. The highest BCUT2D eigenvalue weighted by Gasteiger charge is 2.36. The van der Waals surface area contributed by atoms with E-state index in [-0.39, 0.29) is 6.84 Å². The van der Waals surface area contributed by atoms with E-state index in [1.165, 1.54) is 12.7 Å². The lowest BCUT2D eigenvalue weighted by atomic mass is 9.86. The van der Waals surface area contributed by atoms with Gasteiger partial charge in [0.25, 0.3) is 0 Å². The van der Waals surface area contributed by atoms with Crippen molar-refractivity contribution in [1.29, 1.82) is 0 Å². The summed E-state index contributed by atoms with van der Waals surface area (Å²) in [5, 5.41) is 0. The summed E-state index contributed by atoms with van der Waals surface area (Å²) >= 11 is 0. The van der Waals surface area contributed by atoms with Gasteiger partial charge in [0.1, 0.15) is 6.34 Å². The van der Waals surface area contributed by atoms with Crippen molar-refractivity contribution < 1.29 is 6.16 Å². The predicted octanol–water partition coefficient (Wildman–Crippen LogP) is 0.249. The maximum Gasteiger partial charge on any atom is 0.111 e. The van der Waals surface area contributed by atoms with Crippen molar-refractivity contribution in [1.82, 2.24) is 0 Å². The molecule has 1 aliphatic heterocycles. The average Bonchev–Trinajstić information content (AvgIpc) is 2.19. The Hall–Kier alpha value is -0.940. The minimum Gasteiger partial charge on any atom is -0.390 e. The summed E-state index contributed by atoms with van der Waals surface area (Å²) in [6, 6.07) is 0. The number of hydrogen-bond acceptors (Lipinski definition) is 3. The summed E-state index contributed by atoms with van der Waals surface area (Å²) in [6.45, 7) is 6.68. The molecule has 1 rings (SSSR count). The van der Waals surface area contributed by atoms with Gasteiger partial charge in [-0.05, 0) is 0 Å². The lowest BCUT2D eigenvalue weighted by Gasteiger charge is -2.38. The molecule has 0 unspecified atom stereocenters. The van der Waals surface area contributed by atoms with Gasteiger partial charge in [-0.1, -0.05) is 13.8 Å². The van der Waals surface area contributed by atoms with Crippen molar-refractivity contribution in [2.24, 2.45) is 26.9 Å². The van der Waals surface area contributed by atoms with Crippen molar-refractivity contribution in [3.05, 3.63) is 0 Å². The van der Waals surface area contributed by atoms with Gasteiger partial charge in [-0.25, -0.2) is 4.99 Å². The number of aliphatic imine (C=N–C) groups is 2. The highest BCUT2D eigenvalue weighted by molar-refractivity contribution is 5.69. The minimum atomic E-state index is 0. The first-order valence-corrected chi connectivity index (χ1v) is 4.82. The molecule has 0 aromatic heterocycles. The van der Waals surface area contributed by atoms with Gasteiger partial charge in [-0.2, -0.15) is 0 Å². The summed E-state index contributed by atoms with van der Waals surface area (Å²) in [4.78, 5) is 7.71. The fourth-order valence-corrected chi connectivity index (χ4v) is 0.985. The van der Waals surface area contributed by atoms with Crippen LogP contribution < -0.4 is 11.5 Å². The van der Waals surface area contributed by atoms with Gasteiger partial charge in [0.05, 0.1) is 26.1 Å². The first-order chi connectivity index (χ1) is 6.83. The van der Waals surface area contributed by atoms with E-state index < -0.39 is 0 Å². The molecule has 5 nitrogen and oxygen atoms in total. The first-order valence-electron chi connectivity index (χ1n) is 4.82. The summed E-state index contributed by atoms with van der Waals surface area (Å²) in [5.74, 6) is 0. The molecule has 0 saturated carbocycles. The maximum absolute atomic E-state index is 5.57. The van der Waals surface area contributed by atoms with Crippen molar-refractivity contribution in [3.63, 3.8) is 0 Å². The van der Waals surface area contributed by atoms with Crippen molar-refractivity contribution in [2.45, 2.75) is 13.8 Å². The Balaban J connectivity index is 0. The third-order valence-corrected chi connectivity index (χ3v) is 1.91. The van der Waals surface area contributed by atoms with Gasteiger partial charge >= 0.3 is 0 Å². The Labute approximate surface area is 86.7 Å². The molecule has 84 valence electrons. The molecule has 0 bridgehead atoms. The van der Waals surface area contributed by atoms with E-state index in [1.807, 2.05) is 13.8 Å². The molecule has 1 saturated heterocycles. The summed E-state index contributed by atoms with van der Waals surface area (Å²) < 4.78 is 5.07. The zero-order chi connectivity index (χ0) is 10.9. The van der Waals surface area contributed by atoms with Gasteiger partial charge < -0.3 is 16.2 Å². The molecular formula is C9H22N4O. The standard InChI is InChI=1S/C7H14N4O.C2H6.H2/c8-1-7(3-12-4-7)2-10-6-11-5-9;1-2;/h5-6H,1-4,8H2,(H2,9,10,11);1-2H3;1H. The molecule has 0 aromatic rings. The molecule has 14 heavy (non-hydrogen) atoms. The Morgan fingerprint density at radius 2 is 2.14 bits per heavy atom. The topological polar surface area (TPSA) is 86.0 Å². The molecule has 0 aromatic carbocycles. The molecule has 1 fully saturated rings. The monoisotopic (exact) mass is 202 g/mol. The molecule has 0 atom stereocenters. The third-order valence-electron chi connectivity index (χ3n) is 1.91. The Morgan fingerprint density at radius 3 is 2.50 bits per heavy atom. The van der Waals surface area contributed by atoms with Crippen LogP contribution in [0.15, 0.2) is 9.98 Å². The molecule has 0 spiro atoms. The lowest BCUT2D eigenvalue weighted by Crippen LogP contribution is -2.50. The smallest absolute Gasteiger partial charge is 0.111 e. The number of rotatable bonds is 4. The summed E-state index contributed by atoms with van der Waals surface area (Å²) in [6.07, 6.45) is 2.64. The average molecular weight is 202 g/mol. The molecule has 5 heteroatoms. The predicted molar refractivity (Wildman–Crippen MR) is 61.8 cm³/mol. The Morgan fingerprint density at radius 1 is 1.50 bits per heavy atom. The lowest BCUT2D eigenvalue weighted by molar-refractivity contribution is -0.0999. The van der Waals surface area contributed by atoms with Crippen LogP contribution in [-0.2, 0) is 4.74 Å². The quantitative estimate of drug-likeness (QED) is 0.506. The van der Waals surface area contributed by atoms with Crippen LogP contribution in [0.4, 0.5) is 0 Å². The summed E-state index contributed by atoms with van der Waals surface area (Å²) in [7, 11) is 0. The fraction of sp³-hybridized carbons (Fsp3) is 0.778. The van der Waals surface area contributed by atoms with Gasteiger partial charge in [0.15, 0.2) is 0 Å². The van der Waals surface area contributed by atoms with Crippen LogP contribution in [0.1, 0.15) is 15.3 Å². The van der Waals surface area contributed by atoms with E-state index in [4.69, 9.17) is 16.2 Å². The SMILES string of the molecule is CC.NC=NC=NCC1(CN)COC1.[HH]. The molecule has 0 amide bonds. The second-order valence-corrected chi connectivity index (χ2v) is 2.95. The van der Waals surface area contributed by atoms with Crippen LogP contribution in [0.3, 0.4) is 0 Å². The van der Waals surface area contributed by atoms with Crippen LogP contribution in [0, 0.1) is 5.41 Å². The third kappa shape index (κ3) is 3.85. The molecule has 0 aliphatic carbocycles. The Kier molecular flexibility index (Phi) is 6.96. The van der Waals surface area contributed by atoms with Gasteiger partial charge in [-0.3, -0.25) is 4.99 Å². The van der Waals surface area contributed by atoms with E-state index in [9.17, 15) is 0 Å². The van der Waals surface area contributed by atoms with Crippen LogP contribution >= 0.6 is 0 Å². The maximum atomic E-state index is 5.57. The largest absolute Gasteiger partial charge is 0.390 e. The molecule has 1 aliphatic rings. The zero-order valence-electron chi connectivity index (χ0n) is 8.94. The number of hydrogen-bond donors (Lipinski definition) is 2. The van der Waals surface area contributed by atoms with E-state index in [1.54, 1.807) is 0 Å². The van der Waals surface area contributed by atoms with E-state index >= 15 is 0 Å². The van der Waals surface area contributed by atoms with Gasteiger partial charge in [0.2, 0.25) is 0 Å². The van der Waals surface area contributed by atoms with E-state index in [2.05, 4.69) is 9.98 Å². The van der Waals surface area contributed by atoms with Crippen LogP contribution in [-0.4, -0.2) is 39.0 Å². The molecule has 1 heterocycles. The molecule has 4 N–H and O–H groups in total. The van der Waals surface area contributed by atoms with Crippen molar-refractivity contribution in [3.8, 4) is 0 Å². The second-order valence-electron chi connectivity index (χ2n) is 2.95. The molecule has 0 radical (unpaired) electrons. The normalized spacial score (nSPS) is 19.1. The van der Waals surface area contributed by atoms with Gasteiger partial charge in [-0.15, -0.1) is 0 Å². The minimum absolute atomic E-state index is 0. The first kappa shape index (κ1) is 13.1. The highest BCUT2D eigenvalue weighted by atomic mass is 16.5. The second kappa shape index (κ2) is 7.46. The van der Waals surface area contributed by atoms with E-state index in [0.717, 1.165) is 0 Å². The van der Waals surface area contributed by atoms with E-state index in [0.29, 0.717) is 26.3 Å². The fourth-order valence-electron chi connectivity index (χ4n) is 0.985.